The number of para-hydroxylation sites is 1. The van der Waals surface area contributed by atoms with Crippen LogP contribution in [0.2, 0.25) is 0 Å². The van der Waals surface area contributed by atoms with Gasteiger partial charge < -0.3 is 10.6 Å². The fraction of sp³-hybridized carbons (Fsp3) is 0.429. The Balaban J connectivity index is 2.40. The van der Waals surface area contributed by atoms with Crippen molar-refractivity contribution in [2.75, 3.05) is 18.0 Å². The Morgan fingerprint density at radius 3 is 2.82 bits per heavy atom. The highest BCUT2D eigenvalue weighted by Crippen LogP contribution is 2.30. The van der Waals surface area contributed by atoms with Crippen LogP contribution in [-0.2, 0) is 0 Å². The average molecular weight is 234 g/mol. The standard InChI is InChI=1S/C14H19FN2/c1-10-5-4-8-17(9-10)14-12(11(2)16)6-3-7-13(14)15/h3,5-7,11H,4,8-9,16H2,1-2H3/t11-/m1/s1. The summed E-state index contributed by atoms with van der Waals surface area (Å²) in [5.41, 5.74) is 8.77. The number of rotatable bonds is 2. The molecule has 1 aromatic rings. The van der Waals surface area contributed by atoms with Crippen molar-refractivity contribution in [1.29, 1.82) is 0 Å². The van der Waals surface area contributed by atoms with Crippen molar-refractivity contribution in [2.45, 2.75) is 26.3 Å². The fourth-order valence-electron chi connectivity index (χ4n) is 2.34. The molecule has 0 amide bonds. The third-order valence-electron chi connectivity index (χ3n) is 3.16. The number of hydrogen-bond acceptors (Lipinski definition) is 2. The minimum absolute atomic E-state index is 0.146. The fourth-order valence-corrected chi connectivity index (χ4v) is 2.34. The van der Waals surface area contributed by atoms with Crippen molar-refractivity contribution in [3.05, 3.63) is 41.2 Å². The van der Waals surface area contributed by atoms with E-state index in [1.54, 1.807) is 6.07 Å². The predicted molar refractivity (Wildman–Crippen MR) is 69.6 cm³/mol. The molecule has 0 saturated carbocycles. The molecular formula is C14H19FN2. The van der Waals surface area contributed by atoms with Crippen LogP contribution in [0.5, 0.6) is 0 Å². The number of halogens is 1. The van der Waals surface area contributed by atoms with E-state index in [-0.39, 0.29) is 11.9 Å². The van der Waals surface area contributed by atoms with Crippen molar-refractivity contribution in [3.8, 4) is 0 Å². The molecule has 1 atom stereocenters. The summed E-state index contributed by atoms with van der Waals surface area (Å²) in [5.74, 6) is -0.172. The molecule has 0 aromatic heterocycles. The molecular weight excluding hydrogens is 215 g/mol. The topological polar surface area (TPSA) is 29.3 Å². The van der Waals surface area contributed by atoms with E-state index in [9.17, 15) is 4.39 Å². The summed E-state index contributed by atoms with van der Waals surface area (Å²) in [6.45, 7) is 5.63. The summed E-state index contributed by atoms with van der Waals surface area (Å²) < 4.78 is 14.0. The molecule has 1 heterocycles. The van der Waals surface area contributed by atoms with Gasteiger partial charge in [-0.05, 0) is 31.9 Å². The molecule has 2 N–H and O–H groups in total. The van der Waals surface area contributed by atoms with Gasteiger partial charge in [0.25, 0.3) is 0 Å². The molecule has 2 rings (SSSR count). The van der Waals surface area contributed by atoms with Gasteiger partial charge in [0.2, 0.25) is 0 Å². The van der Waals surface area contributed by atoms with E-state index in [0.717, 1.165) is 25.1 Å². The second kappa shape index (κ2) is 4.88. The van der Waals surface area contributed by atoms with Crippen LogP contribution >= 0.6 is 0 Å². The lowest BCUT2D eigenvalue weighted by Crippen LogP contribution is -2.31. The van der Waals surface area contributed by atoms with Crippen molar-refractivity contribution in [3.63, 3.8) is 0 Å². The summed E-state index contributed by atoms with van der Waals surface area (Å²) in [4.78, 5) is 2.09. The zero-order chi connectivity index (χ0) is 12.4. The first-order valence-electron chi connectivity index (χ1n) is 6.04. The lowest BCUT2D eigenvalue weighted by molar-refractivity contribution is 0.610. The molecule has 0 spiro atoms. The highest BCUT2D eigenvalue weighted by atomic mass is 19.1. The maximum absolute atomic E-state index is 14.0. The lowest BCUT2D eigenvalue weighted by Gasteiger charge is -2.31. The van der Waals surface area contributed by atoms with Gasteiger partial charge in [0.05, 0.1) is 5.69 Å². The van der Waals surface area contributed by atoms with Gasteiger partial charge in [-0.25, -0.2) is 4.39 Å². The molecule has 0 aliphatic carbocycles. The molecule has 0 radical (unpaired) electrons. The van der Waals surface area contributed by atoms with Gasteiger partial charge in [-0.3, -0.25) is 0 Å². The van der Waals surface area contributed by atoms with Gasteiger partial charge in [-0.15, -0.1) is 0 Å². The Morgan fingerprint density at radius 2 is 2.18 bits per heavy atom. The van der Waals surface area contributed by atoms with Crippen LogP contribution in [0.25, 0.3) is 0 Å². The number of benzene rings is 1. The highest BCUT2D eigenvalue weighted by molar-refractivity contribution is 5.57. The normalized spacial score (nSPS) is 17.9. The summed E-state index contributed by atoms with van der Waals surface area (Å²) in [6, 6.07) is 5.00. The van der Waals surface area contributed by atoms with Crippen LogP contribution in [0, 0.1) is 5.82 Å². The van der Waals surface area contributed by atoms with E-state index in [2.05, 4.69) is 17.9 Å². The SMILES string of the molecule is CC1=CCCN(c2c(F)cccc2[C@@H](C)N)C1. The summed E-state index contributed by atoms with van der Waals surface area (Å²) in [7, 11) is 0. The molecule has 1 aliphatic rings. The Labute approximate surface area is 102 Å². The van der Waals surface area contributed by atoms with Crippen LogP contribution in [0.4, 0.5) is 10.1 Å². The minimum Gasteiger partial charge on any atom is -0.365 e. The molecule has 17 heavy (non-hydrogen) atoms. The second-order valence-electron chi connectivity index (χ2n) is 4.73. The molecule has 0 saturated heterocycles. The first-order chi connectivity index (χ1) is 8.09. The van der Waals surface area contributed by atoms with E-state index in [1.165, 1.54) is 11.6 Å². The Morgan fingerprint density at radius 1 is 1.41 bits per heavy atom. The number of anilines is 1. The number of nitrogens with two attached hydrogens (primary N) is 1. The third kappa shape index (κ3) is 2.50. The van der Waals surface area contributed by atoms with Crippen LogP contribution in [0.15, 0.2) is 29.8 Å². The first kappa shape index (κ1) is 12.1. The van der Waals surface area contributed by atoms with Gasteiger partial charge in [-0.1, -0.05) is 23.8 Å². The zero-order valence-electron chi connectivity index (χ0n) is 10.4. The number of nitrogens with zero attached hydrogens (tertiary/aromatic N) is 1. The molecule has 2 nitrogen and oxygen atoms in total. The predicted octanol–water partition coefficient (Wildman–Crippen LogP) is 3.00. The van der Waals surface area contributed by atoms with Crippen molar-refractivity contribution >= 4 is 5.69 Å². The molecule has 1 aliphatic heterocycles. The van der Waals surface area contributed by atoms with Gasteiger partial charge in [0.15, 0.2) is 0 Å². The maximum Gasteiger partial charge on any atom is 0.146 e. The third-order valence-corrected chi connectivity index (χ3v) is 3.16. The summed E-state index contributed by atoms with van der Waals surface area (Å²) in [6.07, 6.45) is 3.18. The quantitative estimate of drug-likeness (QED) is 0.797. The summed E-state index contributed by atoms with van der Waals surface area (Å²) >= 11 is 0. The highest BCUT2D eigenvalue weighted by Gasteiger charge is 2.19. The number of hydrogen-bond donors (Lipinski definition) is 1. The van der Waals surface area contributed by atoms with E-state index in [4.69, 9.17) is 5.73 Å². The van der Waals surface area contributed by atoms with Gasteiger partial charge in [0.1, 0.15) is 5.82 Å². The molecule has 3 heteroatoms. The monoisotopic (exact) mass is 234 g/mol. The second-order valence-corrected chi connectivity index (χ2v) is 4.73. The van der Waals surface area contributed by atoms with E-state index in [1.807, 2.05) is 13.0 Å². The van der Waals surface area contributed by atoms with Gasteiger partial charge in [0, 0.05) is 19.1 Å². The minimum atomic E-state index is -0.172. The summed E-state index contributed by atoms with van der Waals surface area (Å²) in [5, 5.41) is 0. The van der Waals surface area contributed by atoms with Crippen molar-refractivity contribution in [1.82, 2.24) is 0 Å². The molecule has 92 valence electrons. The maximum atomic E-state index is 14.0. The van der Waals surface area contributed by atoms with Crippen LogP contribution < -0.4 is 10.6 Å². The van der Waals surface area contributed by atoms with Gasteiger partial charge in [-0.2, -0.15) is 0 Å². The van der Waals surface area contributed by atoms with Crippen LogP contribution in [-0.4, -0.2) is 13.1 Å². The largest absolute Gasteiger partial charge is 0.365 e. The average Bonchev–Trinajstić information content (AvgIpc) is 2.28. The van der Waals surface area contributed by atoms with E-state index >= 15 is 0 Å². The zero-order valence-corrected chi connectivity index (χ0v) is 10.4. The molecule has 0 unspecified atom stereocenters. The molecule has 0 fully saturated rings. The van der Waals surface area contributed by atoms with Crippen LogP contribution in [0.3, 0.4) is 0 Å². The molecule has 0 bridgehead atoms. The Hall–Kier alpha value is -1.35. The lowest BCUT2D eigenvalue weighted by atomic mass is 10.0. The van der Waals surface area contributed by atoms with Gasteiger partial charge >= 0.3 is 0 Å². The Kier molecular flexibility index (Phi) is 3.48. The van der Waals surface area contributed by atoms with Crippen molar-refractivity contribution < 1.29 is 4.39 Å². The molecule has 1 aromatic carbocycles. The first-order valence-corrected chi connectivity index (χ1v) is 6.04. The van der Waals surface area contributed by atoms with E-state index < -0.39 is 0 Å². The van der Waals surface area contributed by atoms with Crippen LogP contribution in [0.1, 0.15) is 31.9 Å². The Bertz CT molecular complexity index is 438. The van der Waals surface area contributed by atoms with E-state index in [0.29, 0.717) is 5.69 Å². The smallest absolute Gasteiger partial charge is 0.146 e. The van der Waals surface area contributed by atoms with Crippen molar-refractivity contribution in [2.24, 2.45) is 5.73 Å².